The Labute approximate surface area is 125 Å². The number of nitrogens with one attached hydrogen (secondary N) is 1. The molecule has 0 saturated carbocycles. The van der Waals surface area contributed by atoms with Gasteiger partial charge in [-0.2, -0.15) is 0 Å². The average Bonchev–Trinajstić information content (AvgIpc) is 2.24. The van der Waals surface area contributed by atoms with Gasteiger partial charge in [-0.1, -0.05) is 20.8 Å². The molecule has 1 rings (SSSR count). The molecule has 0 aliphatic heterocycles. The summed E-state index contributed by atoms with van der Waals surface area (Å²) in [6.45, 7) is 7.95. The number of nitrogens with two attached hydrogens (primary N) is 1. The standard InChI is InChI=1S/C16H24N2O3/c1-10-7-12(5-6-13(10)15(20)21)18-14(19)8-11(17)9-16(2,3)4/h5-7,11H,8-9,17H2,1-4H3,(H,18,19)(H,20,21). The normalized spacial score (nSPS) is 12.8. The van der Waals surface area contributed by atoms with Crippen molar-refractivity contribution in [2.24, 2.45) is 11.1 Å². The van der Waals surface area contributed by atoms with Crippen molar-refractivity contribution in [3.63, 3.8) is 0 Å². The number of rotatable bonds is 5. The molecule has 0 saturated heterocycles. The van der Waals surface area contributed by atoms with Crippen molar-refractivity contribution in [3.8, 4) is 0 Å². The third-order valence-corrected chi connectivity index (χ3v) is 3.06. The Morgan fingerprint density at radius 1 is 1.33 bits per heavy atom. The van der Waals surface area contributed by atoms with E-state index in [0.29, 0.717) is 11.3 Å². The molecule has 1 amide bonds. The number of amides is 1. The van der Waals surface area contributed by atoms with Crippen LogP contribution in [0.4, 0.5) is 5.69 Å². The van der Waals surface area contributed by atoms with Crippen molar-refractivity contribution in [3.05, 3.63) is 29.3 Å². The monoisotopic (exact) mass is 292 g/mol. The van der Waals surface area contributed by atoms with Gasteiger partial charge in [0.1, 0.15) is 0 Å². The van der Waals surface area contributed by atoms with Crippen molar-refractivity contribution in [1.82, 2.24) is 0 Å². The van der Waals surface area contributed by atoms with Crippen LogP contribution >= 0.6 is 0 Å². The summed E-state index contributed by atoms with van der Waals surface area (Å²) in [7, 11) is 0. The van der Waals surface area contributed by atoms with E-state index in [1.807, 2.05) is 0 Å². The van der Waals surface area contributed by atoms with Crippen LogP contribution < -0.4 is 11.1 Å². The van der Waals surface area contributed by atoms with E-state index < -0.39 is 5.97 Å². The Morgan fingerprint density at radius 3 is 2.43 bits per heavy atom. The molecular formula is C16H24N2O3. The highest BCUT2D eigenvalue weighted by Crippen LogP contribution is 2.21. The second kappa shape index (κ2) is 6.72. The highest BCUT2D eigenvalue weighted by Gasteiger charge is 2.18. The van der Waals surface area contributed by atoms with Gasteiger partial charge in [0.25, 0.3) is 0 Å². The first-order valence-electron chi connectivity index (χ1n) is 6.98. The minimum atomic E-state index is -0.974. The Kier molecular flexibility index (Phi) is 5.49. The molecule has 1 aromatic rings. The van der Waals surface area contributed by atoms with Crippen LogP contribution in [-0.4, -0.2) is 23.0 Å². The van der Waals surface area contributed by atoms with Gasteiger partial charge in [-0.3, -0.25) is 4.79 Å². The number of carboxylic acid groups (broad SMARTS) is 1. The van der Waals surface area contributed by atoms with Gasteiger partial charge < -0.3 is 16.2 Å². The lowest BCUT2D eigenvalue weighted by Crippen LogP contribution is -2.31. The molecule has 116 valence electrons. The first-order valence-corrected chi connectivity index (χ1v) is 6.98. The van der Waals surface area contributed by atoms with Gasteiger partial charge in [-0.15, -0.1) is 0 Å². The van der Waals surface area contributed by atoms with Gasteiger partial charge in [0.15, 0.2) is 0 Å². The third-order valence-electron chi connectivity index (χ3n) is 3.06. The first-order chi connectivity index (χ1) is 9.58. The molecule has 21 heavy (non-hydrogen) atoms. The fourth-order valence-electron chi connectivity index (χ4n) is 2.29. The molecule has 0 radical (unpaired) electrons. The molecular weight excluding hydrogens is 268 g/mol. The zero-order valence-corrected chi connectivity index (χ0v) is 13.1. The van der Waals surface area contributed by atoms with Crippen LogP contribution in [0.3, 0.4) is 0 Å². The summed E-state index contributed by atoms with van der Waals surface area (Å²) in [6.07, 6.45) is 1.01. The average molecular weight is 292 g/mol. The Morgan fingerprint density at radius 2 is 1.95 bits per heavy atom. The maximum absolute atomic E-state index is 11.9. The lowest BCUT2D eigenvalue weighted by molar-refractivity contribution is -0.116. The van der Waals surface area contributed by atoms with E-state index in [9.17, 15) is 9.59 Å². The summed E-state index contributed by atoms with van der Waals surface area (Å²) in [5.74, 6) is -1.13. The summed E-state index contributed by atoms with van der Waals surface area (Å²) in [4.78, 5) is 22.9. The van der Waals surface area contributed by atoms with Gasteiger partial charge in [-0.25, -0.2) is 4.79 Å². The summed E-state index contributed by atoms with van der Waals surface area (Å²) < 4.78 is 0. The van der Waals surface area contributed by atoms with Crippen LogP contribution in [0.15, 0.2) is 18.2 Å². The molecule has 0 bridgehead atoms. The molecule has 0 aromatic heterocycles. The zero-order chi connectivity index (χ0) is 16.2. The fraction of sp³-hybridized carbons (Fsp3) is 0.500. The van der Waals surface area contributed by atoms with Crippen molar-refractivity contribution >= 4 is 17.6 Å². The third kappa shape index (κ3) is 5.95. The number of carbonyl (C=O) groups is 2. The van der Waals surface area contributed by atoms with Crippen LogP contribution in [0.2, 0.25) is 0 Å². The molecule has 0 spiro atoms. The van der Waals surface area contributed by atoms with Crippen molar-refractivity contribution in [1.29, 1.82) is 0 Å². The molecule has 5 heteroatoms. The SMILES string of the molecule is Cc1cc(NC(=O)CC(N)CC(C)(C)C)ccc1C(=O)O. The number of carbonyl (C=O) groups excluding carboxylic acids is 1. The van der Waals surface area contributed by atoms with Crippen molar-refractivity contribution < 1.29 is 14.7 Å². The van der Waals surface area contributed by atoms with Crippen LogP contribution in [0, 0.1) is 12.3 Å². The molecule has 1 unspecified atom stereocenters. The molecule has 0 aliphatic rings. The highest BCUT2D eigenvalue weighted by molar-refractivity contribution is 5.93. The van der Waals surface area contributed by atoms with E-state index in [4.69, 9.17) is 10.8 Å². The summed E-state index contributed by atoms with van der Waals surface area (Å²) in [5, 5.41) is 11.7. The number of anilines is 1. The predicted molar refractivity (Wildman–Crippen MR) is 83.4 cm³/mol. The van der Waals surface area contributed by atoms with Crippen molar-refractivity contribution in [2.45, 2.75) is 46.6 Å². The van der Waals surface area contributed by atoms with Crippen LogP contribution in [0.1, 0.15) is 49.5 Å². The Balaban J connectivity index is 2.63. The molecule has 1 aromatic carbocycles. The number of carboxylic acids is 1. The van der Waals surface area contributed by atoms with E-state index in [0.717, 1.165) is 6.42 Å². The summed E-state index contributed by atoms with van der Waals surface area (Å²) in [5.41, 5.74) is 7.48. The van der Waals surface area contributed by atoms with Gasteiger partial charge in [0.05, 0.1) is 5.56 Å². The van der Waals surface area contributed by atoms with E-state index in [-0.39, 0.29) is 29.3 Å². The van der Waals surface area contributed by atoms with E-state index in [1.54, 1.807) is 19.1 Å². The minimum Gasteiger partial charge on any atom is -0.478 e. The molecule has 0 fully saturated rings. The van der Waals surface area contributed by atoms with Gasteiger partial charge in [0.2, 0.25) is 5.91 Å². The summed E-state index contributed by atoms with van der Waals surface area (Å²) in [6, 6.07) is 4.53. The Hall–Kier alpha value is -1.88. The quantitative estimate of drug-likeness (QED) is 0.778. The lowest BCUT2D eigenvalue weighted by Gasteiger charge is -2.22. The predicted octanol–water partition coefficient (Wildman–Crippen LogP) is 2.79. The van der Waals surface area contributed by atoms with Crippen molar-refractivity contribution in [2.75, 3.05) is 5.32 Å². The second-order valence-electron chi connectivity index (χ2n) is 6.61. The smallest absolute Gasteiger partial charge is 0.335 e. The van der Waals surface area contributed by atoms with E-state index in [1.165, 1.54) is 6.07 Å². The maximum atomic E-state index is 11.9. The fourth-order valence-corrected chi connectivity index (χ4v) is 2.29. The lowest BCUT2D eigenvalue weighted by atomic mass is 9.87. The summed E-state index contributed by atoms with van der Waals surface area (Å²) >= 11 is 0. The molecule has 0 aliphatic carbocycles. The number of hydrogen-bond acceptors (Lipinski definition) is 3. The van der Waals surface area contributed by atoms with Gasteiger partial charge >= 0.3 is 5.97 Å². The molecule has 4 N–H and O–H groups in total. The second-order valence-corrected chi connectivity index (χ2v) is 6.61. The van der Waals surface area contributed by atoms with Crippen LogP contribution in [0.5, 0.6) is 0 Å². The number of hydrogen-bond donors (Lipinski definition) is 3. The van der Waals surface area contributed by atoms with Gasteiger partial charge in [-0.05, 0) is 42.5 Å². The number of aromatic carboxylic acids is 1. The largest absolute Gasteiger partial charge is 0.478 e. The van der Waals surface area contributed by atoms with Gasteiger partial charge in [0, 0.05) is 18.2 Å². The number of benzene rings is 1. The van der Waals surface area contributed by atoms with E-state index >= 15 is 0 Å². The van der Waals surface area contributed by atoms with Crippen LogP contribution in [-0.2, 0) is 4.79 Å². The molecule has 1 atom stereocenters. The minimum absolute atomic E-state index is 0.0828. The molecule has 5 nitrogen and oxygen atoms in total. The Bertz CT molecular complexity index is 533. The zero-order valence-electron chi connectivity index (χ0n) is 13.1. The molecule has 0 heterocycles. The maximum Gasteiger partial charge on any atom is 0.335 e. The van der Waals surface area contributed by atoms with E-state index in [2.05, 4.69) is 26.1 Å². The number of aryl methyl sites for hydroxylation is 1. The van der Waals surface area contributed by atoms with Crippen LogP contribution in [0.25, 0.3) is 0 Å². The highest BCUT2D eigenvalue weighted by atomic mass is 16.4. The topological polar surface area (TPSA) is 92.4 Å². The first kappa shape index (κ1) is 17.2.